The number of aryl methyl sites for hydroxylation is 1. The fourth-order valence-corrected chi connectivity index (χ4v) is 2.39. The van der Waals surface area contributed by atoms with Crippen LogP contribution in [0.1, 0.15) is 11.1 Å². The highest BCUT2D eigenvalue weighted by Crippen LogP contribution is 2.21. The molecule has 2 nitrogen and oxygen atoms in total. The third-order valence-corrected chi connectivity index (χ3v) is 4.06. The van der Waals surface area contributed by atoms with Gasteiger partial charge in [-0.3, -0.25) is 0 Å². The maximum atomic E-state index is 4.42. The van der Waals surface area contributed by atoms with E-state index >= 15 is 0 Å². The molecule has 0 saturated carbocycles. The van der Waals surface area contributed by atoms with Gasteiger partial charge in [0.05, 0.1) is 0 Å². The molecular weight excluding hydrogens is 356 g/mol. The predicted molar refractivity (Wildman–Crippen MR) is 82.9 cm³/mol. The lowest BCUT2D eigenvalue weighted by molar-refractivity contribution is 0.894. The number of benzene rings is 1. The van der Waals surface area contributed by atoms with Gasteiger partial charge in [-0.1, -0.05) is 28.1 Å². The maximum absolute atomic E-state index is 4.42. The summed E-state index contributed by atoms with van der Waals surface area (Å²) in [4.78, 5) is 6.57. The van der Waals surface area contributed by atoms with Crippen LogP contribution < -0.4 is 4.90 Å². The second kappa shape index (κ2) is 5.85. The van der Waals surface area contributed by atoms with Crippen molar-refractivity contribution < 1.29 is 0 Å². The van der Waals surface area contributed by atoms with Crippen molar-refractivity contribution >= 4 is 37.7 Å². The van der Waals surface area contributed by atoms with Crippen molar-refractivity contribution in [2.75, 3.05) is 11.9 Å². The van der Waals surface area contributed by atoms with Gasteiger partial charge >= 0.3 is 0 Å². The normalized spacial score (nSPS) is 10.4. The lowest BCUT2D eigenvalue weighted by Gasteiger charge is -2.19. The molecule has 0 N–H and O–H groups in total. The van der Waals surface area contributed by atoms with Crippen molar-refractivity contribution in [1.82, 2.24) is 4.98 Å². The van der Waals surface area contributed by atoms with Gasteiger partial charge in [0.15, 0.2) is 0 Å². The Morgan fingerprint density at radius 2 is 2.00 bits per heavy atom. The van der Waals surface area contributed by atoms with E-state index in [0.717, 1.165) is 21.3 Å². The molecule has 0 saturated heterocycles. The van der Waals surface area contributed by atoms with Crippen LogP contribution in [0, 0.1) is 6.92 Å². The quantitative estimate of drug-likeness (QED) is 0.788. The molecule has 0 aliphatic carbocycles. The average molecular weight is 370 g/mol. The second-order valence-electron chi connectivity index (χ2n) is 4.28. The van der Waals surface area contributed by atoms with Gasteiger partial charge < -0.3 is 4.90 Å². The van der Waals surface area contributed by atoms with Crippen molar-refractivity contribution in [2.24, 2.45) is 0 Å². The summed E-state index contributed by atoms with van der Waals surface area (Å²) in [5.41, 5.74) is 2.45. The van der Waals surface area contributed by atoms with Crippen LogP contribution in [0.4, 0.5) is 5.82 Å². The van der Waals surface area contributed by atoms with E-state index in [0.29, 0.717) is 0 Å². The zero-order valence-corrected chi connectivity index (χ0v) is 13.5. The minimum Gasteiger partial charge on any atom is -0.355 e. The SMILES string of the molecule is Cc1cc(N(C)Cc2cccc(Br)c2)ncc1Br. The zero-order valence-electron chi connectivity index (χ0n) is 10.3. The van der Waals surface area contributed by atoms with E-state index in [-0.39, 0.29) is 0 Å². The fraction of sp³-hybridized carbons (Fsp3) is 0.214. The molecule has 2 rings (SSSR count). The van der Waals surface area contributed by atoms with Crippen LogP contribution in [0.2, 0.25) is 0 Å². The largest absolute Gasteiger partial charge is 0.355 e. The summed E-state index contributed by atoms with van der Waals surface area (Å²) >= 11 is 6.96. The summed E-state index contributed by atoms with van der Waals surface area (Å²) in [6.45, 7) is 2.91. The molecule has 1 aromatic carbocycles. The summed E-state index contributed by atoms with van der Waals surface area (Å²) in [6.07, 6.45) is 1.85. The molecule has 0 aliphatic heterocycles. The lowest BCUT2D eigenvalue weighted by Crippen LogP contribution is -2.17. The number of nitrogens with zero attached hydrogens (tertiary/aromatic N) is 2. The van der Waals surface area contributed by atoms with E-state index in [4.69, 9.17) is 0 Å². The van der Waals surface area contributed by atoms with Gasteiger partial charge in [-0.15, -0.1) is 0 Å². The molecule has 94 valence electrons. The first-order chi connectivity index (χ1) is 8.56. The van der Waals surface area contributed by atoms with Crippen LogP contribution in [-0.4, -0.2) is 12.0 Å². The van der Waals surface area contributed by atoms with Gasteiger partial charge in [0.25, 0.3) is 0 Å². The highest BCUT2D eigenvalue weighted by molar-refractivity contribution is 9.10. The Labute approximate surface area is 124 Å². The van der Waals surface area contributed by atoms with E-state index in [1.54, 1.807) is 0 Å². The molecule has 0 atom stereocenters. The lowest BCUT2D eigenvalue weighted by atomic mass is 10.2. The van der Waals surface area contributed by atoms with Crippen LogP contribution in [-0.2, 0) is 6.54 Å². The van der Waals surface area contributed by atoms with Crippen LogP contribution >= 0.6 is 31.9 Å². The van der Waals surface area contributed by atoms with Gasteiger partial charge in [0.2, 0.25) is 0 Å². The minimum atomic E-state index is 0.841. The molecule has 1 aromatic heterocycles. The monoisotopic (exact) mass is 368 g/mol. The molecule has 1 heterocycles. The van der Waals surface area contributed by atoms with Crippen molar-refractivity contribution in [1.29, 1.82) is 0 Å². The Kier molecular flexibility index (Phi) is 4.40. The Morgan fingerprint density at radius 1 is 1.22 bits per heavy atom. The standard InChI is InChI=1S/C14H14Br2N2/c1-10-6-14(17-8-13(10)16)18(2)9-11-4-3-5-12(15)7-11/h3-8H,9H2,1-2H3. The first-order valence-corrected chi connectivity index (χ1v) is 7.22. The number of aromatic nitrogens is 1. The number of hydrogen-bond acceptors (Lipinski definition) is 2. The molecule has 0 bridgehead atoms. The van der Waals surface area contributed by atoms with Gasteiger partial charge in [-0.05, 0) is 52.2 Å². The number of halogens is 2. The summed E-state index contributed by atoms with van der Waals surface area (Å²) in [5, 5.41) is 0. The number of rotatable bonds is 3. The molecule has 2 aromatic rings. The average Bonchev–Trinajstić information content (AvgIpc) is 2.32. The van der Waals surface area contributed by atoms with E-state index in [2.05, 4.69) is 73.9 Å². The zero-order chi connectivity index (χ0) is 13.1. The summed E-state index contributed by atoms with van der Waals surface area (Å²) < 4.78 is 2.15. The number of hydrogen-bond donors (Lipinski definition) is 0. The topological polar surface area (TPSA) is 16.1 Å². The number of pyridine rings is 1. The summed E-state index contributed by atoms with van der Waals surface area (Å²) in [7, 11) is 2.05. The van der Waals surface area contributed by atoms with Crippen molar-refractivity contribution in [3.63, 3.8) is 0 Å². The highest BCUT2D eigenvalue weighted by Gasteiger charge is 2.05. The first-order valence-electron chi connectivity index (χ1n) is 5.64. The third-order valence-electron chi connectivity index (χ3n) is 2.73. The van der Waals surface area contributed by atoms with Crippen molar-refractivity contribution in [2.45, 2.75) is 13.5 Å². The summed E-state index contributed by atoms with van der Waals surface area (Å²) in [6, 6.07) is 10.4. The van der Waals surface area contributed by atoms with Crippen LogP contribution in [0.5, 0.6) is 0 Å². The van der Waals surface area contributed by atoms with E-state index in [1.807, 2.05) is 18.3 Å². The van der Waals surface area contributed by atoms with Crippen molar-refractivity contribution in [3.8, 4) is 0 Å². The molecule has 0 amide bonds. The molecule has 18 heavy (non-hydrogen) atoms. The minimum absolute atomic E-state index is 0.841. The van der Waals surface area contributed by atoms with E-state index < -0.39 is 0 Å². The van der Waals surface area contributed by atoms with Crippen LogP contribution in [0.15, 0.2) is 45.5 Å². The Morgan fingerprint density at radius 3 is 2.67 bits per heavy atom. The Hall–Kier alpha value is -0.870. The molecule has 0 aliphatic rings. The van der Waals surface area contributed by atoms with Gasteiger partial charge in [-0.25, -0.2) is 4.98 Å². The molecule has 0 spiro atoms. The van der Waals surface area contributed by atoms with E-state index in [9.17, 15) is 0 Å². The molecular formula is C14H14Br2N2. The number of anilines is 1. The first kappa shape index (κ1) is 13.6. The predicted octanol–water partition coefficient (Wildman–Crippen LogP) is 4.55. The third kappa shape index (κ3) is 3.33. The Bertz CT molecular complexity index is 555. The molecule has 4 heteroatoms. The Balaban J connectivity index is 2.16. The summed E-state index contributed by atoms with van der Waals surface area (Å²) in [5.74, 6) is 0.982. The van der Waals surface area contributed by atoms with Gasteiger partial charge in [0, 0.05) is 28.7 Å². The van der Waals surface area contributed by atoms with Crippen LogP contribution in [0.25, 0.3) is 0 Å². The highest BCUT2D eigenvalue weighted by atomic mass is 79.9. The van der Waals surface area contributed by atoms with E-state index in [1.165, 1.54) is 11.1 Å². The molecule has 0 radical (unpaired) electrons. The van der Waals surface area contributed by atoms with Gasteiger partial charge in [0.1, 0.15) is 5.82 Å². The second-order valence-corrected chi connectivity index (χ2v) is 6.05. The molecule has 0 unspecified atom stereocenters. The molecule has 0 fully saturated rings. The van der Waals surface area contributed by atoms with Gasteiger partial charge in [-0.2, -0.15) is 0 Å². The fourth-order valence-electron chi connectivity index (χ4n) is 1.72. The maximum Gasteiger partial charge on any atom is 0.128 e. The smallest absolute Gasteiger partial charge is 0.128 e. The van der Waals surface area contributed by atoms with Crippen LogP contribution in [0.3, 0.4) is 0 Å². The van der Waals surface area contributed by atoms with Crippen molar-refractivity contribution in [3.05, 3.63) is 56.6 Å².